The molecule has 0 aromatic carbocycles. The zero-order valence-corrected chi connectivity index (χ0v) is 11.3. The Kier molecular flexibility index (Phi) is 2.63. The average Bonchev–Trinajstić information content (AvgIpc) is 3.09. The first-order valence-electron chi connectivity index (χ1n) is 6.72. The Morgan fingerprint density at radius 2 is 2.22 bits per heavy atom. The van der Waals surface area contributed by atoms with Crippen LogP contribution in [-0.4, -0.2) is 21.1 Å². The second-order valence-corrected chi connectivity index (χ2v) is 5.54. The van der Waals surface area contributed by atoms with E-state index in [1.165, 1.54) is 12.8 Å². The Balaban J connectivity index is 2.18. The van der Waals surface area contributed by atoms with Gasteiger partial charge < -0.3 is 9.88 Å². The largest absolute Gasteiger partial charge is 0.308 e. The predicted octanol–water partition coefficient (Wildman–Crippen LogP) is 2.61. The Labute approximate surface area is 107 Å². The third-order valence-electron chi connectivity index (χ3n) is 3.54. The van der Waals surface area contributed by atoms with Gasteiger partial charge in [0.05, 0.1) is 5.54 Å². The fourth-order valence-corrected chi connectivity index (χ4v) is 2.57. The molecule has 1 aliphatic carbocycles. The van der Waals surface area contributed by atoms with Crippen LogP contribution in [0.1, 0.15) is 45.5 Å². The number of aromatic nitrogens is 3. The van der Waals surface area contributed by atoms with Crippen molar-refractivity contribution in [2.45, 2.75) is 45.2 Å². The van der Waals surface area contributed by atoms with Crippen LogP contribution in [0.15, 0.2) is 18.3 Å². The lowest BCUT2D eigenvalue weighted by Crippen LogP contribution is -2.38. The summed E-state index contributed by atoms with van der Waals surface area (Å²) in [5.41, 5.74) is 1.92. The quantitative estimate of drug-likeness (QED) is 0.899. The Morgan fingerprint density at radius 1 is 1.44 bits per heavy atom. The minimum absolute atomic E-state index is 0.113. The molecule has 1 fully saturated rings. The predicted molar refractivity (Wildman–Crippen MR) is 72.5 cm³/mol. The van der Waals surface area contributed by atoms with Crippen LogP contribution in [0.2, 0.25) is 0 Å². The lowest BCUT2D eigenvalue weighted by molar-refractivity contribution is 0.375. The molecule has 0 amide bonds. The zero-order valence-electron chi connectivity index (χ0n) is 11.3. The smallest absolute Gasteiger partial charge is 0.160 e. The van der Waals surface area contributed by atoms with E-state index in [0.717, 1.165) is 23.5 Å². The molecule has 1 N–H and O–H groups in total. The van der Waals surface area contributed by atoms with Crippen molar-refractivity contribution in [1.29, 1.82) is 0 Å². The summed E-state index contributed by atoms with van der Waals surface area (Å²) in [6, 6.07) is 4.60. The number of hydrogen-bond acceptors (Lipinski definition) is 3. The first-order valence-corrected chi connectivity index (χ1v) is 6.72. The van der Waals surface area contributed by atoms with E-state index in [4.69, 9.17) is 4.98 Å². The van der Waals surface area contributed by atoms with Gasteiger partial charge in [-0.1, -0.05) is 6.92 Å². The second-order valence-electron chi connectivity index (χ2n) is 5.54. The summed E-state index contributed by atoms with van der Waals surface area (Å²) in [5.74, 6) is 1.11. The molecule has 2 aromatic heterocycles. The monoisotopic (exact) mass is 244 g/mol. The number of nitrogens with one attached hydrogen (secondary N) is 1. The molecule has 4 nitrogen and oxygen atoms in total. The molecule has 0 atom stereocenters. The Hall–Kier alpha value is -1.42. The van der Waals surface area contributed by atoms with E-state index in [-0.39, 0.29) is 5.54 Å². The van der Waals surface area contributed by atoms with Gasteiger partial charge >= 0.3 is 0 Å². The molecule has 0 spiro atoms. The zero-order chi connectivity index (χ0) is 12.8. The number of pyridine rings is 1. The molecule has 2 heterocycles. The van der Waals surface area contributed by atoms with E-state index in [9.17, 15) is 0 Å². The Bertz CT molecular complexity index is 566. The summed E-state index contributed by atoms with van der Waals surface area (Å²) in [6.07, 6.45) is 4.35. The first kappa shape index (κ1) is 11.7. The van der Waals surface area contributed by atoms with Crippen molar-refractivity contribution in [3.8, 4) is 0 Å². The van der Waals surface area contributed by atoms with Crippen molar-refractivity contribution >= 4 is 11.2 Å². The van der Waals surface area contributed by atoms with Gasteiger partial charge in [-0.2, -0.15) is 0 Å². The van der Waals surface area contributed by atoms with Gasteiger partial charge in [-0.3, -0.25) is 0 Å². The molecular formula is C14H20N4. The van der Waals surface area contributed by atoms with Crippen molar-refractivity contribution in [3.05, 3.63) is 24.2 Å². The summed E-state index contributed by atoms with van der Waals surface area (Å²) in [7, 11) is 0. The molecule has 3 rings (SSSR count). The fraction of sp³-hybridized carbons (Fsp3) is 0.571. The molecule has 0 aliphatic heterocycles. The normalized spacial score (nSPS) is 16.4. The van der Waals surface area contributed by atoms with Crippen molar-refractivity contribution in [1.82, 2.24) is 19.9 Å². The van der Waals surface area contributed by atoms with Gasteiger partial charge in [0.15, 0.2) is 5.65 Å². The van der Waals surface area contributed by atoms with Gasteiger partial charge in [-0.05, 0) is 45.4 Å². The van der Waals surface area contributed by atoms with Gasteiger partial charge in [-0.25, -0.2) is 9.97 Å². The maximum atomic E-state index is 4.80. The molecule has 0 unspecified atom stereocenters. The molecule has 1 aliphatic rings. The van der Waals surface area contributed by atoms with Crippen LogP contribution in [0.4, 0.5) is 0 Å². The third-order valence-corrected chi connectivity index (χ3v) is 3.54. The molecule has 0 saturated heterocycles. The van der Waals surface area contributed by atoms with Crippen molar-refractivity contribution in [3.63, 3.8) is 0 Å². The van der Waals surface area contributed by atoms with Gasteiger partial charge in [0.25, 0.3) is 0 Å². The van der Waals surface area contributed by atoms with Crippen LogP contribution in [0.5, 0.6) is 0 Å². The maximum absolute atomic E-state index is 4.80. The SMILES string of the molecule is CCNC(C)(C)c1nc2cccnc2n1C1CC1. The van der Waals surface area contributed by atoms with E-state index in [0.29, 0.717) is 6.04 Å². The second kappa shape index (κ2) is 4.05. The highest BCUT2D eigenvalue weighted by atomic mass is 15.2. The lowest BCUT2D eigenvalue weighted by atomic mass is 10.0. The summed E-state index contributed by atoms with van der Waals surface area (Å²) in [5, 5.41) is 3.51. The molecule has 2 aromatic rings. The van der Waals surface area contributed by atoms with E-state index in [1.54, 1.807) is 0 Å². The van der Waals surface area contributed by atoms with Gasteiger partial charge in [-0.15, -0.1) is 0 Å². The number of nitrogens with zero attached hydrogens (tertiary/aromatic N) is 3. The highest BCUT2D eigenvalue weighted by Gasteiger charge is 2.34. The van der Waals surface area contributed by atoms with Gasteiger partial charge in [0.1, 0.15) is 11.3 Å². The highest BCUT2D eigenvalue weighted by molar-refractivity contribution is 5.71. The summed E-state index contributed by atoms with van der Waals surface area (Å²) >= 11 is 0. The van der Waals surface area contributed by atoms with Gasteiger partial charge in [0, 0.05) is 12.2 Å². The van der Waals surface area contributed by atoms with Crippen LogP contribution >= 0.6 is 0 Å². The maximum Gasteiger partial charge on any atom is 0.160 e. The molecule has 96 valence electrons. The van der Waals surface area contributed by atoms with Crippen molar-refractivity contribution in [2.24, 2.45) is 0 Å². The van der Waals surface area contributed by atoms with Crippen molar-refractivity contribution in [2.75, 3.05) is 6.54 Å². The standard InChI is InChI=1S/C14H20N4/c1-4-16-14(2,3)13-17-11-6-5-9-15-12(11)18(13)10-7-8-10/h5-6,9-10,16H,4,7-8H2,1-3H3. The Morgan fingerprint density at radius 3 is 2.89 bits per heavy atom. The van der Waals surface area contributed by atoms with Crippen LogP contribution in [-0.2, 0) is 5.54 Å². The number of fused-ring (bicyclic) bond motifs is 1. The summed E-state index contributed by atoms with van der Waals surface area (Å²) in [4.78, 5) is 9.31. The number of rotatable bonds is 4. The lowest BCUT2D eigenvalue weighted by Gasteiger charge is -2.26. The number of hydrogen-bond donors (Lipinski definition) is 1. The molecule has 4 heteroatoms. The van der Waals surface area contributed by atoms with Crippen molar-refractivity contribution < 1.29 is 0 Å². The highest BCUT2D eigenvalue weighted by Crippen LogP contribution is 2.40. The number of imidazole rings is 1. The van der Waals surface area contributed by atoms with Crippen LogP contribution < -0.4 is 5.32 Å². The molecular weight excluding hydrogens is 224 g/mol. The van der Waals surface area contributed by atoms with E-state index < -0.39 is 0 Å². The summed E-state index contributed by atoms with van der Waals surface area (Å²) < 4.78 is 2.33. The third kappa shape index (κ3) is 1.81. The van der Waals surface area contributed by atoms with Crippen LogP contribution in [0.3, 0.4) is 0 Å². The minimum atomic E-state index is -0.113. The fourth-order valence-electron chi connectivity index (χ4n) is 2.57. The van der Waals surface area contributed by atoms with Crippen LogP contribution in [0.25, 0.3) is 11.2 Å². The summed E-state index contributed by atoms with van der Waals surface area (Å²) in [6.45, 7) is 7.45. The molecule has 0 radical (unpaired) electrons. The van der Waals surface area contributed by atoms with Gasteiger partial charge in [0.2, 0.25) is 0 Å². The molecule has 1 saturated carbocycles. The topological polar surface area (TPSA) is 42.7 Å². The van der Waals surface area contributed by atoms with Crippen LogP contribution in [0, 0.1) is 0 Å². The van der Waals surface area contributed by atoms with E-state index in [1.807, 2.05) is 18.3 Å². The molecule has 18 heavy (non-hydrogen) atoms. The first-order chi connectivity index (χ1) is 8.63. The minimum Gasteiger partial charge on any atom is -0.308 e. The average molecular weight is 244 g/mol. The van der Waals surface area contributed by atoms with E-state index >= 15 is 0 Å². The molecule has 0 bridgehead atoms. The van der Waals surface area contributed by atoms with E-state index in [2.05, 4.69) is 35.6 Å².